The number of hydrogen-bond donors (Lipinski definition) is 0. The Morgan fingerprint density at radius 3 is 2.00 bits per heavy atom. The Morgan fingerprint density at radius 1 is 1.12 bits per heavy atom. The molecule has 0 aliphatic carbocycles. The minimum Gasteiger partial charge on any atom is -0.373 e. The summed E-state index contributed by atoms with van der Waals surface area (Å²) >= 11 is 0. The molecular weight excluding hydrogens is 219 g/mol. The fraction of sp³-hybridized carbons (Fsp3) is 1.00. The maximum absolute atomic E-state index is 12.1. The van der Waals surface area contributed by atoms with Gasteiger partial charge < -0.3 is 4.74 Å². The van der Waals surface area contributed by atoms with Crippen molar-refractivity contribution in [3.05, 3.63) is 0 Å². The molecule has 0 atom stereocenters. The molecule has 0 aromatic heterocycles. The van der Waals surface area contributed by atoms with E-state index >= 15 is 0 Å². The summed E-state index contributed by atoms with van der Waals surface area (Å²) in [5, 5.41) is 0. The number of rotatable bonds is 2. The number of alkyl halides is 3. The lowest BCUT2D eigenvalue weighted by Crippen LogP contribution is -2.43. The SMILES string of the molecule is CC(C)(C)OC1CCN(CC(F)(F)F)CC1. The first-order valence-electron chi connectivity index (χ1n) is 5.63. The third-order valence-electron chi connectivity index (χ3n) is 2.46. The highest BCUT2D eigenvalue weighted by Crippen LogP contribution is 2.23. The Kier molecular flexibility index (Phi) is 4.23. The van der Waals surface area contributed by atoms with E-state index in [1.54, 1.807) is 0 Å². The molecule has 0 spiro atoms. The van der Waals surface area contributed by atoms with Crippen molar-refractivity contribution in [1.82, 2.24) is 4.90 Å². The smallest absolute Gasteiger partial charge is 0.373 e. The number of halogens is 3. The Labute approximate surface area is 94.8 Å². The van der Waals surface area contributed by atoms with Gasteiger partial charge in [0.05, 0.1) is 18.2 Å². The lowest BCUT2D eigenvalue weighted by atomic mass is 10.1. The van der Waals surface area contributed by atoms with Crippen LogP contribution in [0, 0.1) is 0 Å². The van der Waals surface area contributed by atoms with E-state index in [0.717, 1.165) is 0 Å². The van der Waals surface area contributed by atoms with Crippen LogP contribution in [0.3, 0.4) is 0 Å². The highest BCUT2D eigenvalue weighted by molar-refractivity contribution is 4.76. The van der Waals surface area contributed by atoms with Crippen LogP contribution >= 0.6 is 0 Å². The van der Waals surface area contributed by atoms with Gasteiger partial charge >= 0.3 is 6.18 Å². The molecule has 0 aromatic carbocycles. The van der Waals surface area contributed by atoms with Gasteiger partial charge in [-0.1, -0.05) is 0 Å². The molecule has 1 rings (SSSR count). The zero-order chi connectivity index (χ0) is 12.4. The molecule has 5 heteroatoms. The van der Waals surface area contributed by atoms with Crippen molar-refractivity contribution in [3.63, 3.8) is 0 Å². The van der Waals surface area contributed by atoms with Crippen LogP contribution in [-0.2, 0) is 4.74 Å². The van der Waals surface area contributed by atoms with Crippen molar-refractivity contribution in [2.45, 2.75) is 51.5 Å². The lowest BCUT2D eigenvalue weighted by molar-refractivity contribution is -0.155. The summed E-state index contributed by atoms with van der Waals surface area (Å²) < 4.78 is 42.2. The number of likely N-dealkylation sites (tertiary alicyclic amines) is 1. The van der Waals surface area contributed by atoms with E-state index in [1.807, 2.05) is 20.8 Å². The first kappa shape index (κ1) is 13.8. The van der Waals surface area contributed by atoms with Crippen molar-refractivity contribution in [1.29, 1.82) is 0 Å². The van der Waals surface area contributed by atoms with E-state index in [1.165, 1.54) is 4.90 Å². The van der Waals surface area contributed by atoms with E-state index in [-0.39, 0.29) is 11.7 Å². The van der Waals surface area contributed by atoms with E-state index in [2.05, 4.69) is 0 Å². The van der Waals surface area contributed by atoms with Crippen LogP contribution in [0.2, 0.25) is 0 Å². The minimum atomic E-state index is -4.09. The zero-order valence-electron chi connectivity index (χ0n) is 10.1. The molecule has 0 aromatic rings. The minimum absolute atomic E-state index is 0.101. The molecule has 1 heterocycles. The number of nitrogens with zero attached hydrogens (tertiary/aromatic N) is 1. The Bertz CT molecular complexity index is 190. The van der Waals surface area contributed by atoms with Crippen molar-refractivity contribution >= 4 is 0 Å². The first-order valence-corrected chi connectivity index (χ1v) is 5.63. The van der Waals surface area contributed by atoms with E-state index in [9.17, 15) is 13.2 Å². The molecule has 16 heavy (non-hydrogen) atoms. The summed E-state index contributed by atoms with van der Waals surface area (Å²) in [6.45, 7) is 6.05. The third kappa shape index (κ3) is 5.70. The van der Waals surface area contributed by atoms with Crippen molar-refractivity contribution in [2.75, 3.05) is 19.6 Å². The quantitative estimate of drug-likeness (QED) is 0.734. The molecule has 1 saturated heterocycles. The first-order chi connectivity index (χ1) is 7.16. The highest BCUT2D eigenvalue weighted by atomic mass is 19.4. The second-order valence-corrected chi connectivity index (χ2v) is 5.32. The molecule has 1 aliphatic rings. The van der Waals surface area contributed by atoms with Gasteiger partial charge in [0, 0.05) is 13.1 Å². The Hall–Kier alpha value is -0.290. The summed E-state index contributed by atoms with van der Waals surface area (Å²) in [5.74, 6) is 0. The van der Waals surface area contributed by atoms with Crippen LogP contribution in [0.25, 0.3) is 0 Å². The molecule has 2 nitrogen and oxygen atoms in total. The summed E-state index contributed by atoms with van der Waals surface area (Å²) in [6.07, 6.45) is -2.61. The standard InChI is InChI=1S/C11H20F3NO/c1-10(2,3)16-9-4-6-15(7-5-9)8-11(12,13)14/h9H,4-8H2,1-3H3. The van der Waals surface area contributed by atoms with Gasteiger partial charge in [0.1, 0.15) is 0 Å². The molecular formula is C11H20F3NO. The van der Waals surface area contributed by atoms with E-state index < -0.39 is 12.7 Å². The second-order valence-electron chi connectivity index (χ2n) is 5.32. The van der Waals surface area contributed by atoms with Gasteiger partial charge in [-0.05, 0) is 33.6 Å². The van der Waals surface area contributed by atoms with Gasteiger partial charge in [-0.3, -0.25) is 4.90 Å². The molecule has 0 amide bonds. The van der Waals surface area contributed by atoms with Crippen LogP contribution in [0.5, 0.6) is 0 Å². The molecule has 0 unspecified atom stereocenters. The van der Waals surface area contributed by atoms with Crippen LogP contribution in [0.15, 0.2) is 0 Å². The number of hydrogen-bond acceptors (Lipinski definition) is 2. The topological polar surface area (TPSA) is 12.5 Å². The predicted octanol–water partition coefficient (Wildman–Crippen LogP) is 2.83. The largest absolute Gasteiger partial charge is 0.401 e. The summed E-state index contributed by atoms with van der Waals surface area (Å²) in [6, 6.07) is 0. The van der Waals surface area contributed by atoms with Crippen LogP contribution < -0.4 is 0 Å². The predicted molar refractivity (Wildman–Crippen MR) is 56.4 cm³/mol. The van der Waals surface area contributed by atoms with Crippen molar-refractivity contribution in [2.24, 2.45) is 0 Å². The van der Waals surface area contributed by atoms with Gasteiger partial charge in [-0.15, -0.1) is 0 Å². The molecule has 0 saturated carbocycles. The molecule has 1 fully saturated rings. The van der Waals surface area contributed by atoms with Crippen molar-refractivity contribution in [3.8, 4) is 0 Å². The van der Waals surface area contributed by atoms with E-state index in [0.29, 0.717) is 25.9 Å². The maximum atomic E-state index is 12.1. The Balaban J connectivity index is 2.29. The molecule has 0 radical (unpaired) electrons. The van der Waals surface area contributed by atoms with Crippen LogP contribution in [0.4, 0.5) is 13.2 Å². The lowest BCUT2D eigenvalue weighted by Gasteiger charge is -2.35. The van der Waals surface area contributed by atoms with Gasteiger partial charge in [0.15, 0.2) is 0 Å². The molecule has 1 aliphatic heterocycles. The summed E-state index contributed by atoms with van der Waals surface area (Å²) in [5.41, 5.74) is -0.211. The van der Waals surface area contributed by atoms with Crippen LogP contribution in [-0.4, -0.2) is 42.4 Å². The van der Waals surface area contributed by atoms with Gasteiger partial charge in [-0.25, -0.2) is 0 Å². The molecule has 0 bridgehead atoms. The molecule has 96 valence electrons. The third-order valence-corrected chi connectivity index (χ3v) is 2.46. The summed E-state index contributed by atoms with van der Waals surface area (Å²) in [4.78, 5) is 1.45. The highest BCUT2D eigenvalue weighted by Gasteiger charge is 2.33. The van der Waals surface area contributed by atoms with Gasteiger partial charge in [0.2, 0.25) is 0 Å². The normalized spacial score (nSPS) is 21.4. The Morgan fingerprint density at radius 2 is 1.62 bits per heavy atom. The van der Waals surface area contributed by atoms with Gasteiger partial charge in [-0.2, -0.15) is 13.2 Å². The zero-order valence-corrected chi connectivity index (χ0v) is 10.1. The second kappa shape index (κ2) is 4.92. The van der Waals surface area contributed by atoms with Crippen molar-refractivity contribution < 1.29 is 17.9 Å². The van der Waals surface area contributed by atoms with Gasteiger partial charge in [0.25, 0.3) is 0 Å². The monoisotopic (exact) mass is 239 g/mol. The number of piperidine rings is 1. The molecule has 0 N–H and O–H groups in total. The fourth-order valence-electron chi connectivity index (χ4n) is 1.94. The van der Waals surface area contributed by atoms with E-state index in [4.69, 9.17) is 4.74 Å². The average molecular weight is 239 g/mol. The summed E-state index contributed by atoms with van der Waals surface area (Å²) in [7, 11) is 0. The average Bonchev–Trinajstić information content (AvgIpc) is 2.03. The number of ether oxygens (including phenoxy) is 1. The fourth-order valence-corrected chi connectivity index (χ4v) is 1.94. The van der Waals surface area contributed by atoms with Crippen LogP contribution in [0.1, 0.15) is 33.6 Å². The maximum Gasteiger partial charge on any atom is 0.401 e.